The fourth-order valence-corrected chi connectivity index (χ4v) is 5.19. The van der Waals surface area contributed by atoms with Gasteiger partial charge in [-0.2, -0.15) is 0 Å². The van der Waals surface area contributed by atoms with E-state index in [1.165, 1.54) is 12.0 Å². The SMILES string of the molecule is COc1cc(OC(=O)N(C)CCCN(C)C)ccc1-c1ccc2c(c1COC(=O)c1ccc(C)cc1)N(C)C(=O)C(C)(C)N2. The molecular weight excluding hydrogens is 560 g/mol. The summed E-state index contributed by atoms with van der Waals surface area (Å²) in [5.41, 5.74) is 4.02. The van der Waals surface area contributed by atoms with E-state index in [4.69, 9.17) is 14.2 Å². The number of esters is 1. The van der Waals surface area contributed by atoms with E-state index in [1.54, 1.807) is 49.3 Å². The van der Waals surface area contributed by atoms with Gasteiger partial charge in [0.15, 0.2) is 0 Å². The van der Waals surface area contributed by atoms with E-state index in [1.807, 2.05) is 59.1 Å². The Balaban J connectivity index is 1.69. The maximum absolute atomic E-state index is 13.3. The fourth-order valence-electron chi connectivity index (χ4n) is 5.19. The lowest BCUT2D eigenvalue weighted by molar-refractivity contribution is -0.121. The van der Waals surface area contributed by atoms with Gasteiger partial charge in [-0.25, -0.2) is 9.59 Å². The molecule has 0 atom stereocenters. The number of benzene rings is 3. The highest BCUT2D eigenvalue weighted by Gasteiger charge is 2.39. The third-order valence-corrected chi connectivity index (χ3v) is 7.62. The molecule has 10 nitrogen and oxygen atoms in total. The van der Waals surface area contributed by atoms with Crippen LogP contribution in [0.5, 0.6) is 11.5 Å². The van der Waals surface area contributed by atoms with Gasteiger partial charge >= 0.3 is 12.1 Å². The van der Waals surface area contributed by atoms with Crippen LogP contribution < -0.4 is 19.7 Å². The zero-order valence-corrected chi connectivity index (χ0v) is 26.8. The lowest BCUT2D eigenvalue weighted by Gasteiger charge is -2.39. The number of hydrogen-bond donors (Lipinski definition) is 1. The molecule has 0 aromatic heterocycles. The highest BCUT2D eigenvalue weighted by Crippen LogP contribution is 2.45. The van der Waals surface area contributed by atoms with Crippen molar-refractivity contribution in [1.29, 1.82) is 0 Å². The van der Waals surface area contributed by atoms with Crippen LogP contribution in [-0.4, -0.2) is 81.7 Å². The predicted octanol–water partition coefficient (Wildman–Crippen LogP) is 5.58. The molecule has 0 spiro atoms. The normalized spacial score (nSPS) is 13.7. The van der Waals surface area contributed by atoms with Gasteiger partial charge in [-0.1, -0.05) is 23.8 Å². The number of methoxy groups -OCH3 is 1. The van der Waals surface area contributed by atoms with Gasteiger partial charge in [0, 0.05) is 37.8 Å². The maximum atomic E-state index is 13.3. The number of carbonyl (C=O) groups is 3. The number of anilines is 2. The quantitative estimate of drug-likeness (QED) is 0.301. The van der Waals surface area contributed by atoms with Gasteiger partial charge in [0.05, 0.1) is 24.0 Å². The van der Waals surface area contributed by atoms with Crippen molar-refractivity contribution in [3.63, 3.8) is 0 Å². The zero-order chi connectivity index (χ0) is 32.2. The minimum absolute atomic E-state index is 0.0947. The van der Waals surface area contributed by atoms with Crippen LogP contribution in [0.3, 0.4) is 0 Å². The Bertz CT molecular complexity index is 1530. The van der Waals surface area contributed by atoms with Gasteiger partial charge in [0.1, 0.15) is 23.6 Å². The maximum Gasteiger partial charge on any atom is 0.414 e. The van der Waals surface area contributed by atoms with Crippen molar-refractivity contribution in [2.75, 3.05) is 58.6 Å². The van der Waals surface area contributed by atoms with Crippen molar-refractivity contribution in [3.05, 3.63) is 71.3 Å². The smallest absolute Gasteiger partial charge is 0.414 e. The van der Waals surface area contributed by atoms with Gasteiger partial charge in [0.25, 0.3) is 5.91 Å². The van der Waals surface area contributed by atoms with Crippen LogP contribution in [0.25, 0.3) is 11.1 Å². The number of likely N-dealkylation sites (N-methyl/N-ethyl adjacent to an activating group) is 1. The number of nitrogens with zero attached hydrogens (tertiary/aromatic N) is 3. The molecule has 0 radical (unpaired) electrons. The summed E-state index contributed by atoms with van der Waals surface area (Å²) in [4.78, 5) is 44.2. The van der Waals surface area contributed by atoms with Crippen LogP contribution in [0.1, 0.15) is 41.8 Å². The predicted molar refractivity (Wildman–Crippen MR) is 172 cm³/mol. The third kappa shape index (κ3) is 7.14. The number of hydrogen-bond acceptors (Lipinski definition) is 8. The molecule has 4 rings (SSSR count). The first kappa shape index (κ1) is 32.3. The Morgan fingerprint density at radius 2 is 1.64 bits per heavy atom. The average molecular weight is 603 g/mol. The van der Waals surface area contributed by atoms with E-state index in [-0.39, 0.29) is 12.5 Å². The van der Waals surface area contributed by atoms with Crippen LogP contribution in [-0.2, 0) is 16.1 Å². The third-order valence-electron chi connectivity index (χ3n) is 7.62. The van der Waals surface area contributed by atoms with Crippen LogP contribution >= 0.6 is 0 Å². The van der Waals surface area contributed by atoms with E-state index in [9.17, 15) is 14.4 Å². The summed E-state index contributed by atoms with van der Waals surface area (Å²) in [7, 11) is 8.93. The number of rotatable bonds is 10. The van der Waals surface area contributed by atoms with E-state index in [2.05, 4.69) is 10.2 Å². The topological polar surface area (TPSA) is 101 Å². The van der Waals surface area contributed by atoms with Crippen molar-refractivity contribution in [2.45, 2.75) is 39.3 Å². The van der Waals surface area contributed by atoms with Crippen LogP contribution in [0.4, 0.5) is 16.2 Å². The Hall–Kier alpha value is -4.57. The molecule has 0 unspecified atom stereocenters. The summed E-state index contributed by atoms with van der Waals surface area (Å²) in [6.45, 7) is 6.91. The monoisotopic (exact) mass is 602 g/mol. The number of nitrogens with one attached hydrogen (secondary N) is 1. The molecule has 1 aliphatic rings. The highest BCUT2D eigenvalue weighted by atomic mass is 16.6. The molecule has 0 saturated carbocycles. The van der Waals surface area contributed by atoms with Crippen LogP contribution in [0, 0.1) is 6.92 Å². The molecule has 3 aromatic rings. The van der Waals surface area contributed by atoms with Gasteiger partial charge in [-0.3, -0.25) is 4.79 Å². The molecule has 3 aromatic carbocycles. The number of amides is 2. The van der Waals surface area contributed by atoms with Crippen molar-refractivity contribution >= 4 is 29.3 Å². The van der Waals surface area contributed by atoms with Crippen molar-refractivity contribution in [1.82, 2.24) is 9.80 Å². The summed E-state index contributed by atoms with van der Waals surface area (Å²) in [5.74, 6) is 0.179. The first-order valence-corrected chi connectivity index (χ1v) is 14.5. The Morgan fingerprint density at radius 3 is 2.30 bits per heavy atom. The number of ether oxygens (including phenoxy) is 3. The molecular formula is C34H42N4O6. The van der Waals surface area contributed by atoms with Crippen molar-refractivity contribution < 1.29 is 28.6 Å². The molecule has 1 heterocycles. The van der Waals surface area contributed by atoms with E-state index < -0.39 is 17.6 Å². The minimum atomic E-state index is -0.818. The van der Waals surface area contributed by atoms with Gasteiger partial charge in [0.2, 0.25) is 0 Å². The number of fused-ring (bicyclic) bond motifs is 1. The summed E-state index contributed by atoms with van der Waals surface area (Å²) in [5, 5.41) is 3.32. The van der Waals surface area contributed by atoms with Crippen molar-refractivity contribution in [2.24, 2.45) is 0 Å². The Labute approximate surface area is 259 Å². The van der Waals surface area contributed by atoms with Gasteiger partial charge in [-0.05, 0) is 83.7 Å². The van der Waals surface area contributed by atoms with Gasteiger partial charge in [-0.15, -0.1) is 0 Å². The van der Waals surface area contributed by atoms with Crippen molar-refractivity contribution in [3.8, 4) is 22.6 Å². The molecule has 2 amide bonds. The molecule has 0 fully saturated rings. The van der Waals surface area contributed by atoms with Gasteiger partial charge < -0.3 is 34.2 Å². The molecule has 44 heavy (non-hydrogen) atoms. The number of aryl methyl sites for hydroxylation is 1. The molecule has 0 aliphatic carbocycles. The van der Waals surface area contributed by atoms with E-state index in [0.717, 1.165) is 24.2 Å². The average Bonchev–Trinajstić information content (AvgIpc) is 2.98. The molecule has 0 bridgehead atoms. The molecule has 0 saturated heterocycles. The Morgan fingerprint density at radius 1 is 0.955 bits per heavy atom. The van der Waals surface area contributed by atoms with E-state index >= 15 is 0 Å². The first-order chi connectivity index (χ1) is 20.8. The van der Waals surface area contributed by atoms with Crippen LogP contribution in [0.2, 0.25) is 0 Å². The second-order valence-electron chi connectivity index (χ2n) is 11.9. The standard InChI is InChI=1S/C34H42N4O6/c1-22-10-12-23(13-11-22)31(39)43-21-27-25(16-17-28-30(27)38(7)32(40)34(2,3)35-28)26-15-14-24(20-29(26)42-8)44-33(41)37(6)19-9-18-36(4)5/h10-17,20,35H,9,18-19,21H2,1-8H3. The summed E-state index contributed by atoms with van der Waals surface area (Å²) in [6.07, 6.45) is 0.351. The minimum Gasteiger partial charge on any atom is -0.496 e. The largest absolute Gasteiger partial charge is 0.496 e. The Kier molecular flexibility index (Phi) is 9.84. The second-order valence-corrected chi connectivity index (χ2v) is 11.9. The summed E-state index contributed by atoms with van der Waals surface area (Å²) >= 11 is 0. The number of carbonyl (C=O) groups excluding carboxylic acids is 3. The molecule has 1 N–H and O–H groups in total. The zero-order valence-electron chi connectivity index (χ0n) is 26.8. The summed E-state index contributed by atoms with van der Waals surface area (Å²) in [6, 6.07) is 16.1. The molecule has 10 heteroatoms. The molecule has 1 aliphatic heterocycles. The fraction of sp³-hybridized carbons (Fsp3) is 0.382. The second kappa shape index (κ2) is 13.4. The summed E-state index contributed by atoms with van der Waals surface area (Å²) < 4.78 is 17.2. The van der Waals surface area contributed by atoms with E-state index in [0.29, 0.717) is 46.0 Å². The first-order valence-electron chi connectivity index (χ1n) is 14.5. The lowest BCUT2D eigenvalue weighted by atomic mass is 9.91. The highest BCUT2D eigenvalue weighted by molar-refractivity contribution is 6.09. The molecule has 234 valence electrons. The van der Waals surface area contributed by atoms with Crippen LogP contribution in [0.15, 0.2) is 54.6 Å². The lowest BCUT2D eigenvalue weighted by Crippen LogP contribution is -2.52.